The first-order chi connectivity index (χ1) is 29.8. The van der Waals surface area contributed by atoms with Crippen molar-refractivity contribution in [1.82, 2.24) is 9.55 Å². The van der Waals surface area contributed by atoms with E-state index in [-0.39, 0.29) is 0 Å². The second-order valence-corrected chi connectivity index (χ2v) is 16.2. The van der Waals surface area contributed by atoms with E-state index in [0.717, 1.165) is 45.1 Å². The molecule has 5 nitrogen and oxygen atoms in total. The van der Waals surface area contributed by atoms with Crippen LogP contribution in [-0.2, 0) is 0 Å². The minimum Gasteiger partial charge on any atom is -0.457 e. The first-order valence-electron chi connectivity index (χ1n) is 20.2. The van der Waals surface area contributed by atoms with Gasteiger partial charge in [0, 0.05) is 61.4 Å². The first-order valence-corrected chi connectivity index (χ1v) is 21.0. The van der Waals surface area contributed by atoms with Crippen LogP contribution < -0.4 is 14.5 Å². The van der Waals surface area contributed by atoms with Crippen LogP contribution in [0.25, 0.3) is 70.0 Å². The molecule has 0 saturated heterocycles. The SMILES string of the molecule is c1ccc(-c2cccc(-c3ccccc3)c2N2CN(c3cccc(Oc4ccc5c6ccccc6n(-c6ccccn6)c5c4)c3)c3ccc4c(sc5ccccc54)c32)cc1. The number of fused-ring (bicyclic) bond motifs is 8. The van der Waals surface area contributed by atoms with Crippen molar-refractivity contribution >= 4 is 76.1 Å². The molecule has 3 aromatic heterocycles. The van der Waals surface area contributed by atoms with Gasteiger partial charge in [-0.15, -0.1) is 11.3 Å². The molecule has 0 saturated carbocycles. The Hall–Kier alpha value is -7.67. The van der Waals surface area contributed by atoms with Gasteiger partial charge in [0.05, 0.1) is 32.8 Å². The largest absolute Gasteiger partial charge is 0.457 e. The van der Waals surface area contributed by atoms with E-state index in [1.165, 1.54) is 59.2 Å². The fourth-order valence-corrected chi connectivity index (χ4v) is 10.3. The van der Waals surface area contributed by atoms with Crippen LogP contribution >= 0.6 is 11.3 Å². The molecule has 0 unspecified atom stereocenters. The Morgan fingerprint density at radius 3 is 1.92 bits per heavy atom. The van der Waals surface area contributed by atoms with Crippen LogP contribution in [0.4, 0.5) is 22.7 Å². The highest BCUT2D eigenvalue weighted by atomic mass is 32.1. The quantitative estimate of drug-likeness (QED) is 0.161. The van der Waals surface area contributed by atoms with Crippen LogP contribution in [0.5, 0.6) is 11.5 Å². The van der Waals surface area contributed by atoms with Gasteiger partial charge in [-0.3, -0.25) is 4.57 Å². The summed E-state index contributed by atoms with van der Waals surface area (Å²) in [6, 6.07) is 71.1. The first kappa shape index (κ1) is 34.4. The standard InChI is InChI=1S/C54H36N4OS/c1-3-15-36(16-4-1)41-23-14-24-42(37-17-5-2-6-18-37)52(41)57-35-56(48-31-30-46-45-22-8-10-26-50(45)60-54(46)53(48)57)38-19-13-20-39(33-38)59-40-28-29-44-43-21-7-9-25-47(43)58(49(44)34-40)51-27-11-12-32-55-51/h1-34H,35H2. The maximum atomic E-state index is 6.77. The number of aromatic nitrogens is 2. The van der Waals surface area contributed by atoms with Crippen LogP contribution in [-0.4, -0.2) is 16.2 Å². The minimum absolute atomic E-state index is 0.617. The normalized spacial score (nSPS) is 12.5. The summed E-state index contributed by atoms with van der Waals surface area (Å²) >= 11 is 1.87. The second-order valence-electron chi connectivity index (χ2n) is 15.2. The van der Waals surface area contributed by atoms with E-state index in [0.29, 0.717) is 6.67 Å². The van der Waals surface area contributed by atoms with Crippen molar-refractivity contribution in [1.29, 1.82) is 0 Å². The van der Waals surface area contributed by atoms with E-state index in [1.54, 1.807) is 0 Å². The van der Waals surface area contributed by atoms with E-state index in [2.05, 4.69) is 190 Å². The van der Waals surface area contributed by atoms with Crippen LogP contribution in [0.2, 0.25) is 0 Å². The molecular formula is C54H36N4OS. The third-order valence-corrected chi connectivity index (χ3v) is 12.9. The van der Waals surface area contributed by atoms with Crippen molar-refractivity contribution in [2.75, 3.05) is 16.5 Å². The van der Waals surface area contributed by atoms with Gasteiger partial charge in [-0.2, -0.15) is 0 Å². The molecule has 0 aliphatic carbocycles. The number of rotatable bonds is 7. The van der Waals surface area contributed by atoms with E-state index in [1.807, 2.05) is 41.8 Å². The predicted molar refractivity (Wildman–Crippen MR) is 251 cm³/mol. The Bertz CT molecular complexity index is 3340. The highest BCUT2D eigenvalue weighted by molar-refractivity contribution is 7.26. The molecule has 0 fully saturated rings. The molecule has 1 aliphatic heterocycles. The second kappa shape index (κ2) is 14.0. The molecule has 11 aromatic rings. The average molecular weight is 789 g/mol. The van der Waals surface area contributed by atoms with Crippen LogP contribution in [0.15, 0.2) is 206 Å². The van der Waals surface area contributed by atoms with Crippen LogP contribution in [0.1, 0.15) is 0 Å². The molecule has 60 heavy (non-hydrogen) atoms. The molecule has 1 aliphatic rings. The van der Waals surface area contributed by atoms with Gasteiger partial charge >= 0.3 is 0 Å². The molecule has 8 aromatic carbocycles. The van der Waals surface area contributed by atoms with Crippen molar-refractivity contribution < 1.29 is 4.74 Å². The zero-order valence-electron chi connectivity index (χ0n) is 32.4. The fraction of sp³-hybridized carbons (Fsp3) is 0.0185. The third-order valence-electron chi connectivity index (χ3n) is 11.7. The topological polar surface area (TPSA) is 33.5 Å². The van der Waals surface area contributed by atoms with Crippen molar-refractivity contribution in [3.63, 3.8) is 0 Å². The Morgan fingerprint density at radius 1 is 0.467 bits per heavy atom. The molecule has 0 amide bonds. The number of ether oxygens (including phenoxy) is 1. The number of hydrogen-bond acceptors (Lipinski definition) is 5. The van der Waals surface area contributed by atoms with E-state index < -0.39 is 0 Å². The number of para-hydroxylation sites is 2. The van der Waals surface area contributed by atoms with E-state index in [9.17, 15) is 0 Å². The third kappa shape index (κ3) is 5.57. The van der Waals surface area contributed by atoms with Gasteiger partial charge in [0.2, 0.25) is 0 Å². The Kier molecular flexibility index (Phi) is 8.03. The maximum Gasteiger partial charge on any atom is 0.137 e. The summed E-state index contributed by atoms with van der Waals surface area (Å²) in [7, 11) is 0. The molecule has 0 radical (unpaired) electrons. The summed E-state index contributed by atoms with van der Waals surface area (Å²) in [5, 5.41) is 4.90. The molecule has 284 valence electrons. The van der Waals surface area contributed by atoms with Crippen LogP contribution in [0.3, 0.4) is 0 Å². The summed E-state index contributed by atoms with van der Waals surface area (Å²) in [5.74, 6) is 2.40. The van der Waals surface area contributed by atoms with Gasteiger partial charge in [0.15, 0.2) is 0 Å². The van der Waals surface area contributed by atoms with Gasteiger partial charge in [-0.05, 0) is 65.7 Å². The molecule has 0 N–H and O–H groups in total. The number of thiophene rings is 1. The zero-order valence-corrected chi connectivity index (χ0v) is 33.3. The number of nitrogens with zero attached hydrogens (tertiary/aromatic N) is 4. The minimum atomic E-state index is 0.617. The number of benzene rings is 8. The molecule has 6 heteroatoms. The van der Waals surface area contributed by atoms with Gasteiger partial charge < -0.3 is 14.5 Å². The fourth-order valence-electron chi connectivity index (χ4n) is 9.07. The van der Waals surface area contributed by atoms with Gasteiger partial charge in [-0.1, -0.05) is 133 Å². The molecule has 0 spiro atoms. The average Bonchev–Trinajstić information content (AvgIpc) is 3.99. The lowest BCUT2D eigenvalue weighted by atomic mass is 9.95. The molecular weight excluding hydrogens is 753 g/mol. The summed E-state index contributed by atoms with van der Waals surface area (Å²) in [6.07, 6.45) is 1.84. The number of hydrogen-bond donors (Lipinski definition) is 0. The smallest absolute Gasteiger partial charge is 0.137 e. The zero-order chi connectivity index (χ0) is 39.6. The van der Waals surface area contributed by atoms with Crippen molar-refractivity contribution in [2.45, 2.75) is 0 Å². The van der Waals surface area contributed by atoms with Gasteiger partial charge in [0.25, 0.3) is 0 Å². The Morgan fingerprint density at radius 2 is 1.13 bits per heavy atom. The van der Waals surface area contributed by atoms with Crippen LogP contribution in [0, 0.1) is 0 Å². The lowest BCUT2D eigenvalue weighted by molar-refractivity contribution is 0.483. The predicted octanol–water partition coefficient (Wildman–Crippen LogP) is 14.9. The Balaban J connectivity index is 1.00. The molecule has 0 bridgehead atoms. The highest BCUT2D eigenvalue weighted by Gasteiger charge is 2.34. The van der Waals surface area contributed by atoms with Crippen molar-refractivity contribution in [3.8, 4) is 39.6 Å². The highest BCUT2D eigenvalue weighted by Crippen LogP contribution is 2.55. The van der Waals surface area contributed by atoms with E-state index in [4.69, 9.17) is 9.72 Å². The van der Waals surface area contributed by atoms with E-state index >= 15 is 0 Å². The maximum absolute atomic E-state index is 6.77. The number of pyridine rings is 1. The van der Waals surface area contributed by atoms with Crippen molar-refractivity contribution in [2.24, 2.45) is 0 Å². The molecule has 12 rings (SSSR count). The Labute approximate surface area is 351 Å². The lowest BCUT2D eigenvalue weighted by Gasteiger charge is -2.27. The molecule has 0 atom stereocenters. The molecule has 4 heterocycles. The summed E-state index contributed by atoms with van der Waals surface area (Å²) in [5.41, 5.74) is 11.5. The van der Waals surface area contributed by atoms with Crippen molar-refractivity contribution in [3.05, 3.63) is 206 Å². The summed E-state index contributed by atoms with van der Waals surface area (Å²) < 4.78 is 11.5. The van der Waals surface area contributed by atoms with Gasteiger partial charge in [0.1, 0.15) is 24.0 Å². The lowest BCUT2D eigenvalue weighted by Crippen LogP contribution is -2.25. The number of anilines is 4. The summed E-state index contributed by atoms with van der Waals surface area (Å²) in [6.45, 7) is 0.617. The monoisotopic (exact) mass is 788 g/mol. The van der Waals surface area contributed by atoms with Gasteiger partial charge in [-0.25, -0.2) is 4.98 Å². The summed E-state index contributed by atoms with van der Waals surface area (Å²) in [4.78, 5) is 9.71.